The first-order valence-electron chi connectivity index (χ1n) is 5.86. The van der Waals surface area contributed by atoms with Crippen molar-refractivity contribution < 1.29 is 24.0 Å². The molecule has 0 aromatic heterocycles. The van der Waals surface area contributed by atoms with E-state index in [-0.39, 0.29) is 23.5 Å². The SMILES string of the molecule is CNc1ccc(C(=O)O[C@H]2CCOC2=O)cc1[N+](=O)[O-]. The van der Waals surface area contributed by atoms with Gasteiger partial charge in [-0.25, -0.2) is 9.59 Å². The Hall–Kier alpha value is -2.64. The van der Waals surface area contributed by atoms with Crippen molar-refractivity contribution in [2.24, 2.45) is 0 Å². The first-order valence-corrected chi connectivity index (χ1v) is 5.86. The number of hydrogen-bond donors (Lipinski definition) is 1. The predicted molar refractivity (Wildman–Crippen MR) is 67.4 cm³/mol. The highest BCUT2D eigenvalue weighted by Crippen LogP contribution is 2.25. The van der Waals surface area contributed by atoms with E-state index in [2.05, 4.69) is 10.1 Å². The first-order chi connectivity index (χ1) is 9.52. The zero-order valence-electron chi connectivity index (χ0n) is 10.6. The molecule has 1 aromatic rings. The number of nitro groups is 1. The van der Waals surface area contributed by atoms with Crippen LogP contribution in [0.1, 0.15) is 16.8 Å². The maximum atomic E-state index is 11.8. The molecule has 2 rings (SSSR count). The van der Waals surface area contributed by atoms with Gasteiger partial charge in [-0.05, 0) is 12.1 Å². The summed E-state index contributed by atoms with van der Waals surface area (Å²) < 4.78 is 9.63. The Morgan fingerprint density at radius 1 is 1.55 bits per heavy atom. The smallest absolute Gasteiger partial charge is 0.347 e. The molecule has 8 heteroatoms. The summed E-state index contributed by atoms with van der Waals surface area (Å²) in [6, 6.07) is 3.90. The first kappa shape index (κ1) is 13.8. The van der Waals surface area contributed by atoms with Gasteiger partial charge in [0.25, 0.3) is 5.69 Å². The van der Waals surface area contributed by atoms with E-state index in [0.29, 0.717) is 6.42 Å². The van der Waals surface area contributed by atoms with Crippen molar-refractivity contribution in [1.29, 1.82) is 0 Å². The topological polar surface area (TPSA) is 108 Å². The van der Waals surface area contributed by atoms with E-state index in [9.17, 15) is 19.7 Å². The number of rotatable bonds is 4. The summed E-state index contributed by atoms with van der Waals surface area (Å²) in [6.45, 7) is 0.204. The number of anilines is 1. The number of nitrogens with one attached hydrogen (secondary N) is 1. The van der Waals surface area contributed by atoms with Gasteiger partial charge in [0.15, 0.2) is 0 Å². The summed E-state index contributed by atoms with van der Waals surface area (Å²) >= 11 is 0. The molecule has 0 bridgehead atoms. The zero-order chi connectivity index (χ0) is 14.7. The molecule has 1 saturated heterocycles. The van der Waals surface area contributed by atoms with Crippen LogP contribution in [0, 0.1) is 10.1 Å². The third-order valence-electron chi connectivity index (χ3n) is 2.84. The van der Waals surface area contributed by atoms with Crippen molar-refractivity contribution in [3.63, 3.8) is 0 Å². The van der Waals surface area contributed by atoms with Gasteiger partial charge in [-0.2, -0.15) is 0 Å². The second kappa shape index (κ2) is 5.55. The Labute approximate surface area is 113 Å². The lowest BCUT2D eigenvalue weighted by molar-refractivity contribution is -0.384. The second-order valence-electron chi connectivity index (χ2n) is 4.09. The highest BCUT2D eigenvalue weighted by atomic mass is 16.6. The number of carbonyl (C=O) groups is 2. The molecule has 1 heterocycles. The van der Waals surface area contributed by atoms with Crippen LogP contribution < -0.4 is 5.32 Å². The van der Waals surface area contributed by atoms with Gasteiger partial charge in [-0.3, -0.25) is 10.1 Å². The van der Waals surface area contributed by atoms with Crippen molar-refractivity contribution in [3.8, 4) is 0 Å². The largest absolute Gasteiger partial charge is 0.463 e. The Morgan fingerprint density at radius 3 is 2.85 bits per heavy atom. The van der Waals surface area contributed by atoms with Gasteiger partial charge < -0.3 is 14.8 Å². The van der Waals surface area contributed by atoms with Crippen LogP contribution in [-0.4, -0.2) is 36.6 Å². The van der Waals surface area contributed by atoms with E-state index < -0.39 is 23.0 Å². The number of hydrogen-bond acceptors (Lipinski definition) is 7. The lowest BCUT2D eigenvalue weighted by atomic mass is 10.1. The molecular weight excluding hydrogens is 268 g/mol. The van der Waals surface area contributed by atoms with Crippen molar-refractivity contribution in [2.45, 2.75) is 12.5 Å². The molecule has 1 aliphatic rings. The summed E-state index contributed by atoms with van der Waals surface area (Å²) in [5.74, 6) is -1.39. The summed E-state index contributed by atoms with van der Waals surface area (Å²) in [4.78, 5) is 33.3. The number of carbonyl (C=O) groups excluding carboxylic acids is 2. The van der Waals surface area contributed by atoms with Crippen molar-refractivity contribution in [3.05, 3.63) is 33.9 Å². The molecule has 0 spiro atoms. The van der Waals surface area contributed by atoms with E-state index >= 15 is 0 Å². The predicted octanol–water partition coefficient (Wildman–Crippen LogP) is 1.11. The van der Waals surface area contributed by atoms with Gasteiger partial charge in [0.05, 0.1) is 17.1 Å². The van der Waals surface area contributed by atoms with Crippen LogP contribution in [0.2, 0.25) is 0 Å². The van der Waals surface area contributed by atoms with Crippen LogP contribution in [0.3, 0.4) is 0 Å². The van der Waals surface area contributed by atoms with Gasteiger partial charge in [0.1, 0.15) is 5.69 Å². The molecule has 20 heavy (non-hydrogen) atoms. The van der Waals surface area contributed by atoms with Crippen molar-refractivity contribution in [2.75, 3.05) is 19.0 Å². The fourth-order valence-corrected chi connectivity index (χ4v) is 1.80. The second-order valence-corrected chi connectivity index (χ2v) is 4.09. The summed E-state index contributed by atoms with van der Waals surface area (Å²) in [6.07, 6.45) is -0.646. The molecule has 1 aromatic carbocycles. The molecule has 8 nitrogen and oxygen atoms in total. The molecule has 0 amide bonds. The average molecular weight is 280 g/mol. The number of nitrogens with zero attached hydrogens (tertiary/aromatic N) is 1. The third kappa shape index (κ3) is 2.68. The number of cyclic esters (lactones) is 1. The minimum absolute atomic E-state index is 0.00963. The number of ether oxygens (including phenoxy) is 2. The minimum atomic E-state index is -0.939. The highest BCUT2D eigenvalue weighted by molar-refractivity contribution is 5.93. The summed E-state index contributed by atoms with van der Waals surface area (Å²) in [5, 5.41) is 13.5. The van der Waals surface area contributed by atoms with Crippen molar-refractivity contribution >= 4 is 23.3 Å². The molecule has 0 aliphatic carbocycles. The molecule has 106 valence electrons. The van der Waals surface area contributed by atoms with E-state index in [1.807, 2.05) is 0 Å². The van der Waals surface area contributed by atoms with E-state index in [1.165, 1.54) is 19.2 Å². The molecule has 0 unspecified atom stereocenters. The quantitative estimate of drug-likeness (QED) is 0.500. The lowest BCUT2D eigenvalue weighted by Gasteiger charge is -2.09. The highest BCUT2D eigenvalue weighted by Gasteiger charge is 2.31. The van der Waals surface area contributed by atoms with Crippen LogP contribution in [0.5, 0.6) is 0 Å². The van der Waals surface area contributed by atoms with E-state index in [1.54, 1.807) is 0 Å². The fourth-order valence-electron chi connectivity index (χ4n) is 1.80. The summed E-state index contributed by atoms with van der Waals surface area (Å²) in [5.41, 5.74) is 0.0539. The van der Waals surface area contributed by atoms with Crippen molar-refractivity contribution in [1.82, 2.24) is 0 Å². The maximum Gasteiger partial charge on any atom is 0.347 e. The van der Waals surface area contributed by atoms with Gasteiger partial charge in [-0.1, -0.05) is 0 Å². The average Bonchev–Trinajstić information content (AvgIpc) is 2.83. The lowest BCUT2D eigenvalue weighted by Crippen LogP contribution is -2.22. The van der Waals surface area contributed by atoms with Gasteiger partial charge in [0, 0.05) is 19.5 Å². The Balaban J connectivity index is 2.19. The number of nitro benzene ring substituents is 1. The molecule has 1 atom stereocenters. The number of benzene rings is 1. The van der Waals surface area contributed by atoms with Crippen LogP contribution in [0.15, 0.2) is 18.2 Å². The molecule has 1 fully saturated rings. The standard InChI is InChI=1S/C12H12N2O6/c1-13-8-3-2-7(6-9(8)14(17)18)11(15)20-10-4-5-19-12(10)16/h2-3,6,10,13H,4-5H2,1H3/t10-/m0/s1. The Morgan fingerprint density at radius 2 is 2.30 bits per heavy atom. The van der Waals surface area contributed by atoms with E-state index in [0.717, 1.165) is 6.07 Å². The molecule has 0 radical (unpaired) electrons. The van der Waals surface area contributed by atoms with Crippen LogP contribution in [0.4, 0.5) is 11.4 Å². The monoisotopic (exact) mass is 280 g/mol. The maximum absolute atomic E-state index is 11.8. The van der Waals surface area contributed by atoms with Crippen LogP contribution in [-0.2, 0) is 14.3 Å². The van der Waals surface area contributed by atoms with Gasteiger partial charge >= 0.3 is 11.9 Å². The number of esters is 2. The molecule has 1 aliphatic heterocycles. The van der Waals surface area contributed by atoms with Gasteiger partial charge in [0.2, 0.25) is 6.10 Å². The molecule has 1 N–H and O–H groups in total. The zero-order valence-corrected chi connectivity index (χ0v) is 10.6. The molecule has 0 saturated carbocycles. The van der Waals surface area contributed by atoms with Crippen LogP contribution in [0.25, 0.3) is 0 Å². The Bertz CT molecular complexity index is 571. The normalized spacial score (nSPS) is 17.4. The minimum Gasteiger partial charge on any atom is -0.463 e. The van der Waals surface area contributed by atoms with Crippen LogP contribution >= 0.6 is 0 Å². The Kier molecular flexibility index (Phi) is 3.83. The van der Waals surface area contributed by atoms with E-state index in [4.69, 9.17) is 4.74 Å². The van der Waals surface area contributed by atoms with Gasteiger partial charge in [-0.15, -0.1) is 0 Å². The summed E-state index contributed by atoms with van der Waals surface area (Å²) in [7, 11) is 1.54. The fraction of sp³-hybridized carbons (Fsp3) is 0.333. The third-order valence-corrected chi connectivity index (χ3v) is 2.84. The molecular formula is C12H12N2O6.